The van der Waals surface area contributed by atoms with Crippen LogP contribution in [-0.4, -0.2) is 11.1 Å². The molecule has 32 heavy (non-hydrogen) atoms. The largest absolute Gasteiger partial charge is 0.611 e. The summed E-state index contributed by atoms with van der Waals surface area (Å²) in [5.41, 5.74) is -0.0696. The van der Waals surface area contributed by atoms with Crippen LogP contribution in [0.5, 0.6) is 23.0 Å². The second kappa shape index (κ2) is 9.53. The van der Waals surface area contributed by atoms with E-state index in [0.29, 0.717) is 17.2 Å². The first-order chi connectivity index (χ1) is 15.6. The third-order valence-corrected chi connectivity index (χ3v) is 4.25. The highest BCUT2D eigenvalue weighted by molar-refractivity contribution is 5.36. The van der Waals surface area contributed by atoms with Gasteiger partial charge in [-0.2, -0.15) is 0 Å². The number of nitrogens with zero attached hydrogens (tertiary/aromatic N) is 1. The molecule has 0 aliphatic heterocycles. The summed E-state index contributed by atoms with van der Waals surface area (Å²) in [6.07, 6.45) is -2.07. The van der Waals surface area contributed by atoms with Gasteiger partial charge in [0.15, 0.2) is 0 Å². The lowest BCUT2D eigenvalue weighted by Gasteiger charge is -2.32. The second-order valence-corrected chi connectivity index (χ2v) is 6.60. The van der Waals surface area contributed by atoms with Crippen molar-refractivity contribution < 1.29 is 23.9 Å². The molecule has 0 radical (unpaired) electrons. The molecule has 0 saturated heterocycles. The highest BCUT2D eigenvalue weighted by atomic mass is 17.0. The average molecular weight is 429 g/mol. The number of hydrogen-bond acceptors (Lipinski definition) is 6. The monoisotopic (exact) mass is 429 g/mol. The van der Waals surface area contributed by atoms with E-state index < -0.39 is 11.1 Å². The lowest BCUT2D eigenvalue weighted by molar-refractivity contribution is -0.385. The number of rotatable bonds is 9. The quantitative estimate of drug-likeness (QED) is 0.189. The van der Waals surface area contributed by atoms with E-state index in [2.05, 4.69) is 0 Å². The topological polar surface area (TPSA) is 80.1 Å². The maximum atomic E-state index is 11.0. The molecule has 0 heterocycles. The van der Waals surface area contributed by atoms with Crippen molar-refractivity contribution in [2.75, 3.05) is 0 Å². The minimum atomic E-state index is -2.07. The van der Waals surface area contributed by atoms with E-state index in [0.717, 1.165) is 0 Å². The van der Waals surface area contributed by atoms with Crippen molar-refractivity contribution in [2.24, 2.45) is 0 Å². The number of nitro benzene ring substituents is 1. The van der Waals surface area contributed by atoms with Crippen LogP contribution in [0.2, 0.25) is 0 Å². The van der Waals surface area contributed by atoms with Crippen LogP contribution < -0.4 is 18.9 Å². The summed E-state index contributed by atoms with van der Waals surface area (Å²) in [5.74, 6) is 1.54. The lowest BCUT2D eigenvalue weighted by atomic mass is 10.3. The highest BCUT2D eigenvalue weighted by Gasteiger charge is 2.43. The Morgan fingerprint density at radius 1 is 0.500 bits per heavy atom. The van der Waals surface area contributed by atoms with Crippen molar-refractivity contribution in [3.8, 4) is 23.0 Å². The molecule has 0 bridgehead atoms. The first-order valence-corrected chi connectivity index (χ1v) is 9.78. The normalized spacial score (nSPS) is 10.8. The molecule has 0 saturated carbocycles. The van der Waals surface area contributed by atoms with Gasteiger partial charge in [0.1, 0.15) is 23.0 Å². The van der Waals surface area contributed by atoms with Crippen molar-refractivity contribution in [1.82, 2.24) is 0 Å². The Hall–Kier alpha value is -4.52. The molecule has 0 atom stereocenters. The van der Waals surface area contributed by atoms with Gasteiger partial charge in [-0.3, -0.25) is 10.1 Å². The van der Waals surface area contributed by atoms with Gasteiger partial charge in [0.05, 0.1) is 4.92 Å². The van der Waals surface area contributed by atoms with Crippen molar-refractivity contribution >= 4 is 5.69 Å². The summed E-state index contributed by atoms with van der Waals surface area (Å²) < 4.78 is 24.3. The van der Waals surface area contributed by atoms with Crippen LogP contribution in [0.25, 0.3) is 0 Å². The molecule has 0 N–H and O–H groups in total. The number of benzene rings is 4. The molecule has 0 amide bonds. The molecule has 0 spiro atoms. The van der Waals surface area contributed by atoms with E-state index in [1.165, 1.54) is 24.3 Å². The Balaban J connectivity index is 1.75. The Kier molecular flexibility index (Phi) is 6.17. The molecule has 0 fully saturated rings. The van der Waals surface area contributed by atoms with Gasteiger partial charge in [-0.15, -0.1) is 0 Å². The van der Waals surface area contributed by atoms with Crippen molar-refractivity contribution in [3.63, 3.8) is 0 Å². The molecule has 7 nitrogen and oxygen atoms in total. The molecule has 160 valence electrons. The molecule has 0 unspecified atom stereocenters. The summed E-state index contributed by atoms with van der Waals surface area (Å²) in [5, 5.41) is 11.0. The van der Waals surface area contributed by atoms with Gasteiger partial charge in [0.2, 0.25) is 0 Å². The maximum Gasteiger partial charge on any atom is 0.611 e. The Morgan fingerprint density at radius 2 is 0.812 bits per heavy atom. The van der Waals surface area contributed by atoms with Crippen LogP contribution in [0.1, 0.15) is 0 Å². The third kappa shape index (κ3) is 5.34. The fourth-order valence-electron chi connectivity index (χ4n) is 2.80. The first-order valence-electron chi connectivity index (χ1n) is 9.78. The second-order valence-electron chi connectivity index (χ2n) is 6.60. The molecule has 4 rings (SSSR count). The zero-order valence-electron chi connectivity index (χ0n) is 16.9. The molecule has 0 aromatic heterocycles. The summed E-state index contributed by atoms with van der Waals surface area (Å²) >= 11 is 0. The van der Waals surface area contributed by atoms with Crippen LogP contribution in [0.4, 0.5) is 5.69 Å². The fourth-order valence-corrected chi connectivity index (χ4v) is 2.80. The number of ether oxygens (including phenoxy) is 4. The van der Waals surface area contributed by atoms with E-state index in [1.54, 1.807) is 72.8 Å². The van der Waals surface area contributed by atoms with Crippen LogP contribution in [0, 0.1) is 10.1 Å². The van der Waals surface area contributed by atoms with E-state index in [1.807, 2.05) is 18.2 Å². The Labute approximate surface area is 184 Å². The highest BCUT2D eigenvalue weighted by Crippen LogP contribution is 2.30. The third-order valence-electron chi connectivity index (χ3n) is 4.25. The number of nitro groups is 1. The Morgan fingerprint density at radius 3 is 1.12 bits per heavy atom. The molecule has 4 aromatic carbocycles. The summed E-state index contributed by atoms with van der Waals surface area (Å²) in [4.78, 5) is 10.5. The summed E-state index contributed by atoms with van der Waals surface area (Å²) in [6, 6.07) is 32.3. The predicted molar refractivity (Wildman–Crippen MR) is 118 cm³/mol. The standard InChI is InChI=1S/C25H19NO6/c27-26(28)20-16-18-24(19-17-20)32-25(29-21-10-4-1-5-11-21,30-22-12-6-2-7-13-22)31-23-14-8-3-9-15-23/h1-19H. The minimum absolute atomic E-state index is 0.0696. The Bertz CT molecular complexity index is 1030. The van der Waals surface area contributed by atoms with Crippen LogP contribution in [-0.2, 0) is 0 Å². The molecular formula is C25H19NO6. The van der Waals surface area contributed by atoms with Gasteiger partial charge in [0.25, 0.3) is 5.69 Å². The summed E-state index contributed by atoms with van der Waals surface area (Å²) in [7, 11) is 0. The van der Waals surface area contributed by atoms with E-state index in [9.17, 15) is 10.1 Å². The predicted octanol–water partition coefficient (Wildman–Crippen LogP) is 5.82. The van der Waals surface area contributed by atoms with E-state index in [4.69, 9.17) is 18.9 Å². The van der Waals surface area contributed by atoms with E-state index in [-0.39, 0.29) is 11.4 Å². The van der Waals surface area contributed by atoms with Crippen molar-refractivity contribution in [3.05, 3.63) is 125 Å². The van der Waals surface area contributed by atoms with Crippen LogP contribution >= 0.6 is 0 Å². The zero-order valence-corrected chi connectivity index (χ0v) is 16.9. The van der Waals surface area contributed by atoms with Crippen molar-refractivity contribution in [1.29, 1.82) is 0 Å². The number of para-hydroxylation sites is 3. The van der Waals surface area contributed by atoms with Gasteiger partial charge in [-0.25, -0.2) is 0 Å². The molecule has 7 heteroatoms. The number of hydrogen-bond donors (Lipinski definition) is 0. The molecule has 4 aromatic rings. The number of non-ortho nitro benzene ring substituents is 1. The summed E-state index contributed by atoms with van der Waals surface area (Å²) in [6.45, 7) is 0. The van der Waals surface area contributed by atoms with Gasteiger partial charge in [-0.1, -0.05) is 54.6 Å². The maximum absolute atomic E-state index is 11.0. The van der Waals surface area contributed by atoms with Crippen molar-refractivity contribution in [2.45, 2.75) is 6.16 Å². The first kappa shape index (κ1) is 20.7. The fraction of sp³-hybridized carbons (Fsp3) is 0.0400. The minimum Gasteiger partial charge on any atom is -0.386 e. The van der Waals surface area contributed by atoms with Gasteiger partial charge in [0, 0.05) is 12.1 Å². The molecular weight excluding hydrogens is 410 g/mol. The van der Waals surface area contributed by atoms with Gasteiger partial charge in [-0.05, 0) is 48.5 Å². The zero-order chi connectivity index (χ0) is 22.2. The molecule has 0 aliphatic carbocycles. The molecule has 0 aliphatic rings. The van der Waals surface area contributed by atoms with Gasteiger partial charge < -0.3 is 18.9 Å². The lowest BCUT2D eigenvalue weighted by Crippen LogP contribution is -2.53. The van der Waals surface area contributed by atoms with E-state index >= 15 is 0 Å². The SMILES string of the molecule is O=[N+]([O-])c1ccc(OC(Oc2ccccc2)(Oc2ccccc2)Oc2ccccc2)cc1. The van der Waals surface area contributed by atoms with Crippen LogP contribution in [0.3, 0.4) is 0 Å². The van der Waals surface area contributed by atoms with Crippen LogP contribution in [0.15, 0.2) is 115 Å². The smallest absolute Gasteiger partial charge is 0.386 e. The van der Waals surface area contributed by atoms with Gasteiger partial charge >= 0.3 is 6.16 Å². The average Bonchev–Trinajstić information content (AvgIpc) is 2.81.